The molecule has 0 saturated carbocycles. The lowest BCUT2D eigenvalue weighted by molar-refractivity contribution is -0.131. The molecule has 2 N–H and O–H groups in total. The summed E-state index contributed by atoms with van der Waals surface area (Å²) in [7, 11) is 1.71. The average Bonchev–Trinajstić information content (AvgIpc) is 2.73. The summed E-state index contributed by atoms with van der Waals surface area (Å²) in [6, 6.07) is 14.5. The highest BCUT2D eigenvalue weighted by Gasteiger charge is 2.21. The number of benzene rings is 2. The van der Waals surface area contributed by atoms with E-state index in [1.807, 2.05) is 36.4 Å². The first kappa shape index (κ1) is 20.4. The first-order valence-corrected chi connectivity index (χ1v) is 9.60. The summed E-state index contributed by atoms with van der Waals surface area (Å²) >= 11 is 0. The number of urea groups is 1. The lowest BCUT2D eigenvalue weighted by Crippen LogP contribution is -2.40. The molecule has 0 aliphatic carbocycles. The number of carboxylic acid groups (broad SMARTS) is 1. The first-order chi connectivity index (χ1) is 13.9. The molecule has 3 rings (SSSR count). The van der Waals surface area contributed by atoms with Crippen LogP contribution in [0.2, 0.25) is 0 Å². The molecule has 29 heavy (non-hydrogen) atoms. The number of rotatable bonds is 6. The van der Waals surface area contributed by atoms with Crippen LogP contribution in [0.5, 0.6) is 0 Å². The van der Waals surface area contributed by atoms with Crippen LogP contribution in [-0.4, -0.2) is 53.0 Å². The van der Waals surface area contributed by atoms with Gasteiger partial charge in [0.1, 0.15) is 0 Å². The van der Waals surface area contributed by atoms with E-state index in [-0.39, 0.29) is 30.5 Å². The lowest BCUT2D eigenvalue weighted by atomic mass is 9.97. The van der Waals surface area contributed by atoms with E-state index in [9.17, 15) is 14.4 Å². The molecule has 152 valence electrons. The highest BCUT2D eigenvalue weighted by atomic mass is 16.4. The summed E-state index contributed by atoms with van der Waals surface area (Å²) in [5.41, 5.74) is 3.21. The second-order valence-corrected chi connectivity index (χ2v) is 7.18. The van der Waals surface area contributed by atoms with E-state index in [4.69, 9.17) is 5.11 Å². The Morgan fingerprint density at radius 1 is 1.10 bits per heavy atom. The van der Waals surface area contributed by atoms with Crippen molar-refractivity contribution in [1.82, 2.24) is 15.1 Å². The van der Waals surface area contributed by atoms with Crippen molar-refractivity contribution in [2.24, 2.45) is 0 Å². The minimum atomic E-state index is -0.974. The smallest absolute Gasteiger partial charge is 0.335 e. The Kier molecular flexibility index (Phi) is 6.49. The molecule has 0 bridgehead atoms. The third-order valence-corrected chi connectivity index (χ3v) is 5.04. The molecule has 2 aromatic carbocycles. The van der Waals surface area contributed by atoms with Crippen molar-refractivity contribution in [3.63, 3.8) is 0 Å². The van der Waals surface area contributed by atoms with Crippen LogP contribution < -0.4 is 5.32 Å². The van der Waals surface area contributed by atoms with Crippen molar-refractivity contribution in [2.45, 2.75) is 25.9 Å². The van der Waals surface area contributed by atoms with Crippen LogP contribution in [-0.2, 0) is 24.3 Å². The number of carbonyl (C=O) groups is 3. The molecule has 1 aliphatic rings. The second kappa shape index (κ2) is 9.23. The SMILES string of the molecule is CN(Cc1ccccc1)C(=O)NCCC(=O)N1CCc2ccc(C(=O)O)cc2C1. The van der Waals surface area contributed by atoms with Gasteiger partial charge in [-0.15, -0.1) is 0 Å². The first-order valence-electron chi connectivity index (χ1n) is 9.60. The molecule has 0 atom stereocenters. The van der Waals surface area contributed by atoms with Crippen LogP contribution in [0.15, 0.2) is 48.5 Å². The fourth-order valence-corrected chi connectivity index (χ4v) is 3.40. The van der Waals surface area contributed by atoms with E-state index < -0.39 is 5.97 Å². The van der Waals surface area contributed by atoms with Gasteiger partial charge in [-0.3, -0.25) is 4.79 Å². The number of fused-ring (bicyclic) bond motifs is 1. The van der Waals surface area contributed by atoms with E-state index in [0.29, 0.717) is 26.1 Å². The molecule has 1 aliphatic heterocycles. The van der Waals surface area contributed by atoms with Crippen LogP contribution in [0.3, 0.4) is 0 Å². The molecule has 7 nitrogen and oxygen atoms in total. The van der Waals surface area contributed by atoms with Gasteiger partial charge in [0, 0.05) is 39.6 Å². The van der Waals surface area contributed by atoms with Gasteiger partial charge in [0.15, 0.2) is 0 Å². The van der Waals surface area contributed by atoms with Gasteiger partial charge in [-0.1, -0.05) is 36.4 Å². The Bertz CT molecular complexity index is 898. The Balaban J connectivity index is 1.46. The largest absolute Gasteiger partial charge is 0.478 e. The maximum absolute atomic E-state index is 12.5. The van der Waals surface area contributed by atoms with Gasteiger partial charge in [-0.25, -0.2) is 9.59 Å². The molecule has 0 unspecified atom stereocenters. The topological polar surface area (TPSA) is 90.0 Å². The molecule has 0 spiro atoms. The molecule has 3 amide bonds. The summed E-state index contributed by atoms with van der Waals surface area (Å²) in [5.74, 6) is -1.03. The summed E-state index contributed by atoms with van der Waals surface area (Å²) in [6.07, 6.45) is 0.909. The van der Waals surface area contributed by atoms with Crippen molar-refractivity contribution >= 4 is 17.9 Å². The number of aromatic carboxylic acids is 1. The normalized spacial score (nSPS) is 12.8. The number of hydrogen-bond donors (Lipinski definition) is 2. The van der Waals surface area contributed by atoms with Crippen LogP contribution in [0.25, 0.3) is 0 Å². The summed E-state index contributed by atoms with van der Waals surface area (Å²) in [6.45, 7) is 1.75. The fourth-order valence-electron chi connectivity index (χ4n) is 3.40. The highest BCUT2D eigenvalue weighted by Crippen LogP contribution is 2.21. The van der Waals surface area contributed by atoms with Crippen molar-refractivity contribution in [2.75, 3.05) is 20.1 Å². The number of carboxylic acids is 1. The van der Waals surface area contributed by atoms with Gasteiger partial charge in [0.2, 0.25) is 5.91 Å². The van der Waals surface area contributed by atoms with Crippen LogP contribution >= 0.6 is 0 Å². The van der Waals surface area contributed by atoms with E-state index >= 15 is 0 Å². The number of nitrogens with one attached hydrogen (secondary N) is 1. The molecule has 0 radical (unpaired) electrons. The Labute approximate surface area is 169 Å². The summed E-state index contributed by atoms with van der Waals surface area (Å²) in [4.78, 5) is 39.2. The third-order valence-electron chi connectivity index (χ3n) is 5.04. The van der Waals surface area contributed by atoms with Crippen molar-refractivity contribution in [3.05, 3.63) is 70.8 Å². The summed E-state index contributed by atoms with van der Waals surface area (Å²) in [5, 5.41) is 11.9. The molecule has 0 saturated heterocycles. The van der Waals surface area contributed by atoms with Gasteiger partial charge in [-0.2, -0.15) is 0 Å². The molecule has 1 heterocycles. The number of hydrogen-bond acceptors (Lipinski definition) is 3. The predicted octanol–water partition coefficient (Wildman–Crippen LogP) is 2.50. The Morgan fingerprint density at radius 3 is 2.59 bits per heavy atom. The molecule has 7 heteroatoms. The van der Waals surface area contributed by atoms with Gasteiger partial charge >= 0.3 is 12.0 Å². The third kappa shape index (κ3) is 5.34. The zero-order chi connectivity index (χ0) is 20.8. The summed E-state index contributed by atoms with van der Waals surface area (Å²) < 4.78 is 0. The van der Waals surface area contributed by atoms with Gasteiger partial charge in [-0.05, 0) is 35.2 Å². The van der Waals surface area contributed by atoms with Crippen molar-refractivity contribution in [1.29, 1.82) is 0 Å². The van der Waals surface area contributed by atoms with Crippen LogP contribution in [0.1, 0.15) is 33.5 Å². The highest BCUT2D eigenvalue weighted by molar-refractivity contribution is 5.88. The van der Waals surface area contributed by atoms with E-state index in [2.05, 4.69) is 5.32 Å². The molecular formula is C22H25N3O4. The number of carbonyl (C=O) groups excluding carboxylic acids is 2. The van der Waals surface area contributed by atoms with Gasteiger partial charge < -0.3 is 20.2 Å². The monoisotopic (exact) mass is 395 g/mol. The molecular weight excluding hydrogens is 370 g/mol. The molecule has 0 aromatic heterocycles. The standard InChI is InChI=1S/C22H25N3O4/c1-24(14-16-5-3-2-4-6-16)22(29)23-11-9-20(26)25-12-10-17-7-8-18(21(27)28)13-19(17)15-25/h2-8,13H,9-12,14-15H2,1H3,(H,23,29)(H,27,28). The van der Waals surface area contributed by atoms with Gasteiger partial charge in [0.05, 0.1) is 5.56 Å². The lowest BCUT2D eigenvalue weighted by Gasteiger charge is -2.29. The fraction of sp³-hybridized carbons (Fsp3) is 0.318. The van der Waals surface area contributed by atoms with E-state index in [1.54, 1.807) is 29.0 Å². The van der Waals surface area contributed by atoms with Gasteiger partial charge in [0.25, 0.3) is 0 Å². The zero-order valence-electron chi connectivity index (χ0n) is 16.4. The van der Waals surface area contributed by atoms with Crippen molar-refractivity contribution < 1.29 is 19.5 Å². The zero-order valence-corrected chi connectivity index (χ0v) is 16.4. The molecule has 0 fully saturated rings. The van der Waals surface area contributed by atoms with Crippen LogP contribution in [0.4, 0.5) is 4.79 Å². The minimum Gasteiger partial charge on any atom is -0.478 e. The van der Waals surface area contributed by atoms with E-state index in [0.717, 1.165) is 16.7 Å². The number of nitrogens with zero attached hydrogens (tertiary/aromatic N) is 2. The van der Waals surface area contributed by atoms with Crippen LogP contribution in [0, 0.1) is 0 Å². The minimum absolute atomic E-state index is 0.0533. The van der Waals surface area contributed by atoms with Crippen molar-refractivity contribution in [3.8, 4) is 0 Å². The maximum atomic E-state index is 12.5. The Hall–Kier alpha value is -3.35. The number of amides is 3. The molecule has 2 aromatic rings. The maximum Gasteiger partial charge on any atom is 0.335 e. The predicted molar refractivity (Wildman–Crippen MR) is 108 cm³/mol. The van der Waals surface area contributed by atoms with E-state index in [1.165, 1.54) is 0 Å². The average molecular weight is 395 g/mol. The second-order valence-electron chi connectivity index (χ2n) is 7.18. The quantitative estimate of drug-likeness (QED) is 0.786. The Morgan fingerprint density at radius 2 is 1.86 bits per heavy atom.